The van der Waals surface area contributed by atoms with Crippen molar-refractivity contribution in [3.05, 3.63) is 30.4 Å². The first kappa shape index (κ1) is 20.3. The van der Waals surface area contributed by atoms with E-state index >= 15 is 4.39 Å². The fraction of sp³-hybridized carbons (Fsp3) is 0.524. The highest BCUT2D eigenvalue weighted by molar-refractivity contribution is 5.83. The third kappa shape index (κ3) is 4.19. The molecule has 0 radical (unpaired) electrons. The Balaban J connectivity index is 1.99. The average Bonchev–Trinajstić information content (AvgIpc) is 2.70. The summed E-state index contributed by atoms with van der Waals surface area (Å²) in [6.45, 7) is 6.03. The smallest absolute Gasteiger partial charge is 0.136 e. The summed E-state index contributed by atoms with van der Waals surface area (Å²) in [6, 6.07) is 3.34. The molecule has 0 spiro atoms. The van der Waals surface area contributed by atoms with E-state index in [0.29, 0.717) is 11.5 Å². The molecule has 1 aliphatic rings. The summed E-state index contributed by atoms with van der Waals surface area (Å²) in [5, 5.41) is 6.48. The van der Waals surface area contributed by atoms with E-state index in [1.165, 1.54) is 6.33 Å². The molecule has 0 aromatic carbocycles. The molecule has 4 unspecified atom stereocenters. The highest BCUT2D eigenvalue weighted by Gasteiger charge is 2.37. The lowest BCUT2D eigenvalue weighted by atomic mass is 9.81. The van der Waals surface area contributed by atoms with Crippen LogP contribution < -0.4 is 10.6 Å². The molecule has 0 bridgehead atoms. The molecule has 1 fully saturated rings. The van der Waals surface area contributed by atoms with Crippen LogP contribution in [0.5, 0.6) is 0 Å². The Morgan fingerprint density at radius 3 is 2.86 bits per heavy atom. The van der Waals surface area contributed by atoms with Crippen LogP contribution in [-0.2, 0) is 0 Å². The van der Waals surface area contributed by atoms with Crippen molar-refractivity contribution in [3.8, 4) is 11.3 Å². The second-order valence-electron chi connectivity index (χ2n) is 7.34. The maximum Gasteiger partial charge on any atom is 0.136 e. The van der Waals surface area contributed by atoms with Gasteiger partial charge in [0, 0.05) is 24.0 Å². The van der Waals surface area contributed by atoms with E-state index in [-0.39, 0.29) is 18.0 Å². The van der Waals surface area contributed by atoms with Crippen molar-refractivity contribution in [2.24, 2.45) is 10.9 Å². The van der Waals surface area contributed by atoms with E-state index in [1.54, 1.807) is 6.20 Å². The summed E-state index contributed by atoms with van der Waals surface area (Å²) in [4.78, 5) is 17.8. The van der Waals surface area contributed by atoms with Crippen molar-refractivity contribution < 1.29 is 4.39 Å². The maximum absolute atomic E-state index is 15.1. The van der Waals surface area contributed by atoms with Crippen molar-refractivity contribution >= 4 is 17.7 Å². The van der Waals surface area contributed by atoms with E-state index in [1.807, 2.05) is 39.2 Å². The molecule has 0 amide bonds. The Kier molecular flexibility index (Phi) is 6.67. The molecule has 1 saturated carbocycles. The zero-order chi connectivity index (χ0) is 20.1. The lowest BCUT2D eigenvalue weighted by Crippen LogP contribution is -2.52. The Morgan fingerprint density at radius 2 is 2.11 bits per heavy atom. The van der Waals surface area contributed by atoms with Crippen LogP contribution in [0, 0.1) is 12.8 Å². The summed E-state index contributed by atoms with van der Waals surface area (Å²) in [7, 11) is 1.82. The number of alkyl halides is 1. The van der Waals surface area contributed by atoms with E-state index in [0.717, 1.165) is 36.2 Å². The van der Waals surface area contributed by atoms with Crippen molar-refractivity contribution in [2.75, 3.05) is 12.4 Å². The molecule has 0 saturated heterocycles. The molecule has 7 heteroatoms. The van der Waals surface area contributed by atoms with Gasteiger partial charge in [0.25, 0.3) is 0 Å². The van der Waals surface area contributed by atoms with Gasteiger partial charge in [-0.15, -0.1) is 0 Å². The largest absolute Gasteiger partial charge is 0.364 e. The Hall–Kier alpha value is -2.41. The summed E-state index contributed by atoms with van der Waals surface area (Å²) in [5.74, 6) is 0.837. The molecule has 28 heavy (non-hydrogen) atoms. The number of nitrogens with zero attached hydrogens (tertiary/aromatic N) is 4. The predicted octanol–water partition coefficient (Wildman–Crippen LogP) is 4.10. The van der Waals surface area contributed by atoms with Crippen LogP contribution in [-0.4, -0.2) is 46.5 Å². The number of aromatic nitrogens is 3. The van der Waals surface area contributed by atoms with Gasteiger partial charge < -0.3 is 10.6 Å². The third-order valence-corrected chi connectivity index (χ3v) is 5.42. The summed E-state index contributed by atoms with van der Waals surface area (Å²) in [5.41, 5.74) is 3.04. The van der Waals surface area contributed by atoms with E-state index in [2.05, 4.69) is 37.5 Å². The summed E-state index contributed by atoms with van der Waals surface area (Å²) in [6.07, 6.45) is 6.72. The van der Waals surface area contributed by atoms with Crippen molar-refractivity contribution in [3.63, 3.8) is 0 Å². The highest BCUT2D eigenvalue weighted by atomic mass is 19.1. The monoisotopic (exact) mass is 384 g/mol. The fourth-order valence-corrected chi connectivity index (χ4v) is 3.74. The number of nitrogens with one attached hydrogen (secondary N) is 2. The Labute approximate surface area is 166 Å². The number of aliphatic imine (C=N–C) groups is 1. The normalized spacial score (nSPS) is 25.2. The molecular formula is C21H29FN6. The van der Waals surface area contributed by atoms with Gasteiger partial charge in [-0.05, 0) is 51.3 Å². The van der Waals surface area contributed by atoms with Gasteiger partial charge in [0.05, 0.1) is 11.7 Å². The summed E-state index contributed by atoms with van der Waals surface area (Å²) >= 11 is 0. The number of rotatable bonds is 6. The van der Waals surface area contributed by atoms with Crippen molar-refractivity contribution in [2.45, 2.75) is 58.3 Å². The fourth-order valence-electron chi connectivity index (χ4n) is 3.74. The van der Waals surface area contributed by atoms with Gasteiger partial charge in [-0.3, -0.25) is 4.99 Å². The molecule has 4 atom stereocenters. The Morgan fingerprint density at radius 1 is 1.29 bits per heavy atom. The van der Waals surface area contributed by atoms with Gasteiger partial charge in [0.15, 0.2) is 0 Å². The minimum Gasteiger partial charge on any atom is -0.364 e. The third-order valence-electron chi connectivity index (χ3n) is 5.42. The van der Waals surface area contributed by atoms with E-state index < -0.39 is 6.17 Å². The molecule has 2 aromatic heterocycles. The van der Waals surface area contributed by atoms with Gasteiger partial charge in [0.1, 0.15) is 29.7 Å². The standard InChI is InChI=1S/C21H29FN6/c1-5-10-24-19-14(3)26-12-27-20(19)15-7-6-11-25-21(15)28-18-13(2)8-9-16(23-4)17(18)22/h6-7,10-13,16-18,23H,5,8-9H2,1-4H3,(H,25,28). The van der Waals surface area contributed by atoms with Crippen LogP contribution in [0.1, 0.15) is 38.8 Å². The molecule has 0 aliphatic heterocycles. The van der Waals surface area contributed by atoms with Crippen molar-refractivity contribution in [1.29, 1.82) is 0 Å². The second-order valence-corrected chi connectivity index (χ2v) is 7.34. The van der Waals surface area contributed by atoms with Gasteiger partial charge in [-0.2, -0.15) is 0 Å². The number of aryl methyl sites for hydroxylation is 1. The number of halogens is 1. The maximum atomic E-state index is 15.1. The SMILES string of the molecule is CCC=Nc1c(C)ncnc1-c1cccnc1NC1C(C)CCC(NC)C1F. The van der Waals surface area contributed by atoms with Gasteiger partial charge in [0.2, 0.25) is 0 Å². The topological polar surface area (TPSA) is 75.1 Å². The number of hydrogen-bond donors (Lipinski definition) is 2. The van der Waals surface area contributed by atoms with Gasteiger partial charge in [-0.1, -0.05) is 13.8 Å². The van der Waals surface area contributed by atoms with Crippen molar-refractivity contribution in [1.82, 2.24) is 20.3 Å². The van der Waals surface area contributed by atoms with Crippen LogP contribution in [0.3, 0.4) is 0 Å². The van der Waals surface area contributed by atoms with Crippen LogP contribution in [0.4, 0.5) is 15.9 Å². The summed E-state index contributed by atoms with van der Waals surface area (Å²) < 4.78 is 15.1. The molecule has 2 N–H and O–H groups in total. The second kappa shape index (κ2) is 9.19. The first-order valence-corrected chi connectivity index (χ1v) is 9.94. The minimum absolute atomic E-state index is 0.146. The van der Waals surface area contributed by atoms with Crippen LogP contribution in [0.2, 0.25) is 0 Å². The molecule has 2 heterocycles. The van der Waals surface area contributed by atoms with Crippen LogP contribution >= 0.6 is 0 Å². The number of anilines is 1. The van der Waals surface area contributed by atoms with E-state index in [9.17, 15) is 0 Å². The molecule has 150 valence electrons. The first-order valence-electron chi connectivity index (χ1n) is 9.94. The molecule has 3 rings (SSSR count). The van der Waals surface area contributed by atoms with Crippen LogP contribution in [0.25, 0.3) is 11.3 Å². The van der Waals surface area contributed by atoms with Crippen LogP contribution in [0.15, 0.2) is 29.6 Å². The van der Waals surface area contributed by atoms with E-state index in [4.69, 9.17) is 0 Å². The lowest BCUT2D eigenvalue weighted by molar-refractivity contribution is 0.142. The zero-order valence-electron chi connectivity index (χ0n) is 17.0. The molecule has 1 aliphatic carbocycles. The highest BCUT2D eigenvalue weighted by Crippen LogP contribution is 2.36. The zero-order valence-corrected chi connectivity index (χ0v) is 17.0. The quantitative estimate of drug-likeness (QED) is 0.734. The number of hydrogen-bond acceptors (Lipinski definition) is 6. The first-order chi connectivity index (χ1) is 13.6. The lowest BCUT2D eigenvalue weighted by Gasteiger charge is -2.38. The minimum atomic E-state index is -0.992. The van der Waals surface area contributed by atoms with Gasteiger partial charge >= 0.3 is 0 Å². The Bertz CT molecular complexity index is 824. The number of pyridine rings is 1. The molecule has 2 aromatic rings. The van der Waals surface area contributed by atoms with Gasteiger partial charge in [-0.25, -0.2) is 19.3 Å². The average molecular weight is 385 g/mol. The molecule has 6 nitrogen and oxygen atoms in total. The predicted molar refractivity (Wildman–Crippen MR) is 112 cm³/mol. The molecular weight excluding hydrogens is 355 g/mol.